The van der Waals surface area contributed by atoms with E-state index in [9.17, 15) is 4.79 Å². The van der Waals surface area contributed by atoms with Gasteiger partial charge in [0.2, 0.25) is 0 Å². The standard InChI is InChI=1S/C15H12BrN3O/c1-19-9-17-13-8-12(5-6-14(13)19)18-15(20)10-3-2-4-11(16)7-10/h2-9H,1H3,(H,18,20). The predicted molar refractivity (Wildman–Crippen MR) is 82.8 cm³/mol. The molecule has 4 nitrogen and oxygen atoms in total. The molecular weight excluding hydrogens is 318 g/mol. The number of fused-ring (bicyclic) bond motifs is 1. The minimum absolute atomic E-state index is 0.137. The van der Waals surface area contributed by atoms with Crippen LogP contribution >= 0.6 is 15.9 Å². The van der Waals surface area contributed by atoms with Crippen LogP contribution in [0.2, 0.25) is 0 Å². The third-order valence-corrected chi connectivity index (χ3v) is 3.56. The number of aromatic nitrogens is 2. The molecule has 1 amide bonds. The summed E-state index contributed by atoms with van der Waals surface area (Å²) in [6.07, 6.45) is 1.75. The number of nitrogens with one attached hydrogen (secondary N) is 1. The highest BCUT2D eigenvalue weighted by Crippen LogP contribution is 2.19. The number of hydrogen-bond acceptors (Lipinski definition) is 2. The molecule has 1 heterocycles. The molecule has 5 heteroatoms. The van der Waals surface area contributed by atoms with Crippen molar-refractivity contribution in [3.8, 4) is 0 Å². The molecule has 0 aliphatic heterocycles. The monoisotopic (exact) mass is 329 g/mol. The van der Waals surface area contributed by atoms with E-state index < -0.39 is 0 Å². The highest BCUT2D eigenvalue weighted by molar-refractivity contribution is 9.10. The van der Waals surface area contributed by atoms with Gasteiger partial charge in [-0.3, -0.25) is 4.79 Å². The Balaban J connectivity index is 1.87. The van der Waals surface area contributed by atoms with Gasteiger partial charge < -0.3 is 9.88 Å². The molecule has 0 spiro atoms. The summed E-state index contributed by atoms with van der Waals surface area (Å²) in [7, 11) is 1.94. The van der Waals surface area contributed by atoms with Crippen LogP contribution in [0.15, 0.2) is 53.3 Å². The number of anilines is 1. The van der Waals surface area contributed by atoms with E-state index in [1.54, 1.807) is 18.5 Å². The molecule has 0 fully saturated rings. The smallest absolute Gasteiger partial charge is 0.255 e. The second-order valence-corrected chi connectivity index (χ2v) is 5.44. The molecule has 2 aromatic carbocycles. The number of carbonyl (C=O) groups excluding carboxylic acids is 1. The predicted octanol–water partition coefficient (Wildman–Crippen LogP) is 3.59. The number of halogens is 1. The quantitative estimate of drug-likeness (QED) is 0.781. The van der Waals surface area contributed by atoms with Gasteiger partial charge in [-0.25, -0.2) is 4.98 Å². The van der Waals surface area contributed by atoms with Crippen molar-refractivity contribution in [3.05, 3.63) is 58.8 Å². The molecule has 3 aromatic rings. The highest BCUT2D eigenvalue weighted by Gasteiger charge is 2.07. The van der Waals surface area contributed by atoms with Crippen LogP contribution in [0.4, 0.5) is 5.69 Å². The van der Waals surface area contributed by atoms with Crippen LogP contribution in [-0.4, -0.2) is 15.5 Å². The van der Waals surface area contributed by atoms with Crippen molar-refractivity contribution >= 4 is 38.6 Å². The van der Waals surface area contributed by atoms with Gasteiger partial charge in [-0.1, -0.05) is 22.0 Å². The highest BCUT2D eigenvalue weighted by atomic mass is 79.9. The molecule has 1 N–H and O–H groups in total. The Labute approximate surface area is 124 Å². The first-order valence-electron chi connectivity index (χ1n) is 6.11. The van der Waals surface area contributed by atoms with Crippen LogP contribution in [0.1, 0.15) is 10.4 Å². The molecule has 0 saturated heterocycles. The molecular formula is C15H12BrN3O. The summed E-state index contributed by atoms with van der Waals surface area (Å²) in [6, 6.07) is 13.0. The summed E-state index contributed by atoms with van der Waals surface area (Å²) < 4.78 is 2.82. The SMILES string of the molecule is Cn1cnc2cc(NC(=O)c3cccc(Br)c3)ccc21. The van der Waals surface area contributed by atoms with Crippen molar-refractivity contribution in [2.75, 3.05) is 5.32 Å². The fourth-order valence-electron chi connectivity index (χ4n) is 2.05. The zero-order valence-electron chi connectivity index (χ0n) is 10.8. The van der Waals surface area contributed by atoms with Crippen LogP contribution < -0.4 is 5.32 Å². The van der Waals surface area contributed by atoms with Crippen molar-refractivity contribution < 1.29 is 4.79 Å². The van der Waals surface area contributed by atoms with Crippen molar-refractivity contribution in [3.63, 3.8) is 0 Å². The average Bonchev–Trinajstić information content (AvgIpc) is 2.80. The van der Waals surface area contributed by atoms with Crippen molar-refractivity contribution in [2.24, 2.45) is 7.05 Å². The third-order valence-electron chi connectivity index (χ3n) is 3.07. The maximum absolute atomic E-state index is 12.2. The molecule has 20 heavy (non-hydrogen) atoms. The number of benzene rings is 2. The number of nitrogens with zero attached hydrogens (tertiary/aromatic N) is 2. The van der Waals surface area contributed by atoms with E-state index >= 15 is 0 Å². The molecule has 0 saturated carbocycles. The molecule has 0 aliphatic carbocycles. The zero-order chi connectivity index (χ0) is 14.1. The second-order valence-electron chi connectivity index (χ2n) is 4.52. The van der Waals surface area contributed by atoms with E-state index in [0.717, 1.165) is 21.2 Å². The van der Waals surface area contributed by atoms with E-state index in [-0.39, 0.29) is 5.91 Å². The first-order valence-corrected chi connectivity index (χ1v) is 6.91. The number of rotatable bonds is 2. The van der Waals surface area contributed by atoms with E-state index in [1.807, 2.05) is 41.9 Å². The summed E-state index contributed by atoms with van der Waals surface area (Å²) in [5, 5.41) is 2.88. The molecule has 0 atom stereocenters. The fourth-order valence-corrected chi connectivity index (χ4v) is 2.45. The minimum Gasteiger partial charge on any atom is -0.334 e. The Hall–Kier alpha value is -2.14. The van der Waals surface area contributed by atoms with Crippen molar-refractivity contribution in [1.29, 1.82) is 0 Å². The summed E-state index contributed by atoms with van der Waals surface area (Å²) in [5.74, 6) is -0.137. The Morgan fingerprint density at radius 2 is 2.10 bits per heavy atom. The lowest BCUT2D eigenvalue weighted by Gasteiger charge is -2.06. The molecule has 0 bridgehead atoms. The lowest BCUT2D eigenvalue weighted by molar-refractivity contribution is 0.102. The van der Waals surface area contributed by atoms with Crippen LogP contribution in [0, 0.1) is 0 Å². The number of carbonyl (C=O) groups is 1. The zero-order valence-corrected chi connectivity index (χ0v) is 12.4. The number of aryl methyl sites for hydroxylation is 1. The van der Waals surface area contributed by atoms with Crippen LogP contribution in [0.25, 0.3) is 11.0 Å². The molecule has 0 aliphatic rings. The van der Waals surface area contributed by atoms with Gasteiger partial charge in [0.1, 0.15) is 0 Å². The molecule has 0 radical (unpaired) electrons. The van der Waals surface area contributed by atoms with E-state index in [1.165, 1.54) is 0 Å². The fraction of sp³-hybridized carbons (Fsp3) is 0.0667. The molecule has 0 unspecified atom stereocenters. The summed E-state index contributed by atoms with van der Waals surface area (Å²) in [6.45, 7) is 0. The van der Waals surface area contributed by atoms with Crippen molar-refractivity contribution in [1.82, 2.24) is 9.55 Å². The van der Waals surface area contributed by atoms with E-state index in [2.05, 4.69) is 26.2 Å². The van der Waals surface area contributed by atoms with Gasteiger partial charge in [-0.05, 0) is 36.4 Å². The molecule has 1 aromatic heterocycles. The topological polar surface area (TPSA) is 46.9 Å². The summed E-state index contributed by atoms with van der Waals surface area (Å²) in [4.78, 5) is 16.4. The molecule has 3 rings (SSSR count). The van der Waals surface area contributed by atoms with Crippen LogP contribution in [-0.2, 0) is 7.05 Å². The van der Waals surface area contributed by atoms with Crippen molar-refractivity contribution in [2.45, 2.75) is 0 Å². The van der Waals surface area contributed by atoms with E-state index in [4.69, 9.17) is 0 Å². The van der Waals surface area contributed by atoms with Gasteiger partial charge >= 0.3 is 0 Å². The Morgan fingerprint density at radius 1 is 1.25 bits per heavy atom. The van der Waals surface area contributed by atoms with Gasteiger partial charge in [0, 0.05) is 22.8 Å². The number of hydrogen-bond donors (Lipinski definition) is 1. The maximum atomic E-state index is 12.2. The van der Waals surface area contributed by atoms with Crippen LogP contribution in [0.5, 0.6) is 0 Å². The van der Waals surface area contributed by atoms with E-state index in [0.29, 0.717) is 5.56 Å². The maximum Gasteiger partial charge on any atom is 0.255 e. The lowest BCUT2D eigenvalue weighted by atomic mass is 10.2. The lowest BCUT2D eigenvalue weighted by Crippen LogP contribution is -2.11. The largest absolute Gasteiger partial charge is 0.334 e. The minimum atomic E-state index is -0.137. The van der Waals surface area contributed by atoms with Gasteiger partial charge in [0.15, 0.2) is 0 Å². The van der Waals surface area contributed by atoms with Gasteiger partial charge in [0.25, 0.3) is 5.91 Å². The second kappa shape index (κ2) is 5.09. The first-order chi connectivity index (χ1) is 9.63. The van der Waals surface area contributed by atoms with Gasteiger partial charge in [-0.2, -0.15) is 0 Å². The van der Waals surface area contributed by atoms with Gasteiger partial charge in [-0.15, -0.1) is 0 Å². The average molecular weight is 330 g/mol. The Morgan fingerprint density at radius 3 is 2.90 bits per heavy atom. The number of amides is 1. The third kappa shape index (κ3) is 2.44. The number of imidazole rings is 1. The summed E-state index contributed by atoms with van der Waals surface area (Å²) in [5.41, 5.74) is 3.24. The molecule has 100 valence electrons. The normalized spacial score (nSPS) is 10.7. The first kappa shape index (κ1) is 12.9. The summed E-state index contributed by atoms with van der Waals surface area (Å²) >= 11 is 3.36. The Bertz CT molecular complexity index is 795. The van der Waals surface area contributed by atoms with Gasteiger partial charge in [0.05, 0.1) is 17.4 Å². The Kier molecular flexibility index (Phi) is 3.28. The van der Waals surface area contributed by atoms with Crippen LogP contribution in [0.3, 0.4) is 0 Å².